The number of aromatic nitrogens is 3. The van der Waals surface area contributed by atoms with E-state index in [0.29, 0.717) is 18.1 Å². The summed E-state index contributed by atoms with van der Waals surface area (Å²) in [6, 6.07) is 11.1. The third-order valence-electron chi connectivity index (χ3n) is 5.06. The van der Waals surface area contributed by atoms with Gasteiger partial charge in [-0.15, -0.1) is 10.2 Å². The van der Waals surface area contributed by atoms with Gasteiger partial charge in [0.2, 0.25) is 5.91 Å². The summed E-state index contributed by atoms with van der Waals surface area (Å²) in [6.07, 6.45) is 2.65. The number of sulfone groups is 1. The minimum absolute atomic E-state index is 0.0957. The Morgan fingerprint density at radius 1 is 1.25 bits per heavy atom. The zero-order valence-corrected chi connectivity index (χ0v) is 16.2. The third kappa shape index (κ3) is 3.84. The molecule has 1 aliphatic heterocycles. The van der Waals surface area contributed by atoms with Gasteiger partial charge in [0, 0.05) is 30.2 Å². The van der Waals surface area contributed by atoms with Gasteiger partial charge in [-0.1, -0.05) is 18.2 Å². The molecule has 8 nitrogen and oxygen atoms in total. The summed E-state index contributed by atoms with van der Waals surface area (Å²) in [5.41, 5.74) is 1.91. The SMILES string of the molecule is CN(c1ccc(NC(=O)Cc2c[nH]c3ccccc23)nn1)C1CCS(=O)(=O)C1. The Morgan fingerprint density at radius 3 is 2.79 bits per heavy atom. The number of aromatic amines is 1. The minimum Gasteiger partial charge on any atom is -0.361 e. The Morgan fingerprint density at radius 2 is 2.07 bits per heavy atom. The number of para-hydroxylation sites is 1. The molecule has 3 heterocycles. The van der Waals surface area contributed by atoms with Gasteiger partial charge >= 0.3 is 0 Å². The Kier molecular flexibility index (Phi) is 4.76. The van der Waals surface area contributed by atoms with Gasteiger partial charge in [-0.05, 0) is 30.2 Å². The Hall–Kier alpha value is -2.94. The van der Waals surface area contributed by atoms with E-state index in [1.165, 1.54) is 0 Å². The average molecular weight is 399 g/mol. The number of H-pyrrole nitrogens is 1. The summed E-state index contributed by atoms with van der Waals surface area (Å²) in [5.74, 6) is 1.10. The lowest BCUT2D eigenvalue weighted by atomic mass is 10.1. The first-order valence-corrected chi connectivity index (χ1v) is 10.9. The van der Waals surface area contributed by atoms with E-state index < -0.39 is 9.84 Å². The summed E-state index contributed by atoms with van der Waals surface area (Å²) in [4.78, 5) is 17.3. The zero-order chi connectivity index (χ0) is 19.7. The van der Waals surface area contributed by atoms with Crippen LogP contribution in [0.5, 0.6) is 0 Å². The van der Waals surface area contributed by atoms with Crippen molar-refractivity contribution in [3.05, 3.63) is 48.2 Å². The van der Waals surface area contributed by atoms with Crippen LogP contribution in [0.4, 0.5) is 11.6 Å². The number of carbonyl (C=O) groups is 1. The van der Waals surface area contributed by atoms with Crippen LogP contribution in [0.25, 0.3) is 10.9 Å². The van der Waals surface area contributed by atoms with Crippen LogP contribution in [0.15, 0.2) is 42.6 Å². The molecular formula is C19H21N5O3S. The lowest BCUT2D eigenvalue weighted by Crippen LogP contribution is -2.33. The monoisotopic (exact) mass is 399 g/mol. The molecule has 28 heavy (non-hydrogen) atoms. The number of amides is 1. The predicted octanol–water partition coefficient (Wildman–Crippen LogP) is 1.76. The number of anilines is 2. The first-order valence-electron chi connectivity index (χ1n) is 9.03. The molecule has 1 unspecified atom stereocenters. The molecule has 2 aromatic heterocycles. The highest BCUT2D eigenvalue weighted by Gasteiger charge is 2.31. The Labute approximate surface area is 162 Å². The van der Waals surface area contributed by atoms with Crippen molar-refractivity contribution in [3.8, 4) is 0 Å². The molecule has 4 rings (SSSR count). The van der Waals surface area contributed by atoms with E-state index in [9.17, 15) is 13.2 Å². The Bertz CT molecular complexity index is 1110. The van der Waals surface area contributed by atoms with Crippen molar-refractivity contribution in [3.63, 3.8) is 0 Å². The van der Waals surface area contributed by atoms with Crippen LogP contribution in [0, 0.1) is 0 Å². The molecule has 146 valence electrons. The minimum atomic E-state index is -2.96. The normalized spacial score (nSPS) is 18.2. The standard InChI is InChI=1S/C19H21N5O3S/c1-24(14-8-9-28(26,27)12-14)18-7-6-17(22-23-18)21-19(25)10-13-11-20-16-5-3-2-4-15(13)16/h2-7,11,14,20H,8-10,12H2,1H3,(H,21,22,25). The van der Waals surface area contributed by atoms with Crippen LogP contribution >= 0.6 is 0 Å². The zero-order valence-electron chi connectivity index (χ0n) is 15.4. The quantitative estimate of drug-likeness (QED) is 0.677. The third-order valence-corrected chi connectivity index (χ3v) is 6.81. The predicted molar refractivity (Wildman–Crippen MR) is 108 cm³/mol. The summed E-state index contributed by atoms with van der Waals surface area (Å²) in [5, 5.41) is 12.0. The van der Waals surface area contributed by atoms with Crippen LogP contribution in [0.1, 0.15) is 12.0 Å². The smallest absolute Gasteiger partial charge is 0.230 e. The van der Waals surface area contributed by atoms with Gasteiger partial charge in [-0.2, -0.15) is 0 Å². The van der Waals surface area contributed by atoms with Gasteiger partial charge in [-0.3, -0.25) is 4.79 Å². The number of carbonyl (C=O) groups excluding carboxylic acids is 1. The summed E-state index contributed by atoms with van der Waals surface area (Å²) in [7, 11) is -1.15. The van der Waals surface area contributed by atoms with Crippen LogP contribution < -0.4 is 10.2 Å². The number of fused-ring (bicyclic) bond motifs is 1. The highest BCUT2D eigenvalue weighted by Crippen LogP contribution is 2.22. The van der Waals surface area contributed by atoms with Crippen LogP contribution in [0.2, 0.25) is 0 Å². The second kappa shape index (κ2) is 7.23. The van der Waals surface area contributed by atoms with Gasteiger partial charge < -0.3 is 15.2 Å². The van der Waals surface area contributed by atoms with Crippen LogP contribution in [-0.2, 0) is 21.1 Å². The molecular weight excluding hydrogens is 378 g/mol. The maximum Gasteiger partial charge on any atom is 0.230 e. The van der Waals surface area contributed by atoms with E-state index >= 15 is 0 Å². The van der Waals surface area contributed by atoms with Crippen molar-refractivity contribution >= 4 is 38.3 Å². The molecule has 1 amide bonds. The number of hydrogen-bond donors (Lipinski definition) is 2. The number of nitrogens with one attached hydrogen (secondary N) is 2. The van der Waals surface area contributed by atoms with E-state index in [4.69, 9.17) is 0 Å². The molecule has 3 aromatic rings. The van der Waals surface area contributed by atoms with Gasteiger partial charge in [0.25, 0.3) is 0 Å². The molecule has 0 bridgehead atoms. The lowest BCUT2D eigenvalue weighted by molar-refractivity contribution is -0.115. The summed E-state index contributed by atoms with van der Waals surface area (Å²) in [6.45, 7) is 0. The summed E-state index contributed by atoms with van der Waals surface area (Å²) < 4.78 is 23.3. The molecule has 0 spiro atoms. The van der Waals surface area contributed by atoms with Crippen molar-refractivity contribution in [2.24, 2.45) is 0 Å². The van der Waals surface area contributed by atoms with Crippen molar-refractivity contribution in [1.29, 1.82) is 0 Å². The molecule has 1 atom stereocenters. The van der Waals surface area contributed by atoms with Gasteiger partial charge in [0.05, 0.1) is 17.9 Å². The Balaban J connectivity index is 1.39. The van der Waals surface area contributed by atoms with E-state index in [2.05, 4.69) is 20.5 Å². The fraction of sp³-hybridized carbons (Fsp3) is 0.316. The van der Waals surface area contributed by atoms with Crippen molar-refractivity contribution in [2.45, 2.75) is 18.9 Å². The number of hydrogen-bond acceptors (Lipinski definition) is 6. The molecule has 0 saturated carbocycles. The van der Waals surface area contributed by atoms with Gasteiger partial charge in [0.1, 0.15) is 0 Å². The topological polar surface area (TPSA) is 108 Å². The average Bonchev–Trinajstić information content (AvgIpc) is 3.25. The van der Waals surface area contributed by atoms with Gasteiger partial charge in [-0.25, -0.2) is 8.42 Å². The van der Waals surface area contributed by atoms with E-state index in [1.807, 2.05) is 42.4 Å². The van der Waals surface area contributed by atoms with Crippen molar-refractivity contribution in [2.75, 3.05) is 28.8 Å². The molecule has 9 heteroatoms. The first-order chi connectivity index (χ1) is 13.4. The molecule has 1 aliphatic rings. The molecule has 0 aliphatic carbocycles. The summed E-state index contributed by atoms with van der Waals surface area (Å²) >= 11 is 0. The number of rotatable bonds is 5. The highest BCUT2D eigenvalue weighted by atomic mass is 32.2. The van der Waals surface area contributed by atoms with Crippen molar-refractivity contribution < 1.29 is 13.2 Å². The van der Waals surface area contributed by atoms with E-state index in [1.54, 1.807) is 12.1 Å². The number of nitrogens with zero attached hydrogens (tertiary/aromatic N) is 3. The molecule has 1 aromatic carbocycles. The van der Waals surface area contributed by atoms with Gasteiger partial charge in [0.15, 0.2) is 21.5 Å². The maximum atomic E-state index is 12.4. The lowest BCUT2D eigenvalue weighted by Gasteiger charge is -2.23. The molecule has 2 N–H and O–H groups in total. The first kappa shape index (κ1) is 18.4. The van der Waals surface area contributed by atoms with Crippen LogP contribution in [0.3, 0.4) is 0 Å². The fourth-order valence-corrected chi connectivity index (χ4v) is 5.26. The van der Waals surface area contributed by atoms with Crippen molar-refractivity contribution in [1.82, 2.24) is 15.2 Å². The second-order valence-corrected chi connectivity index (χ2v) is 9.26. The van der Waals surface area contributed by atoms with E-state index in [-0.39, 0.29) is 29.9 Å². The maximum absolute atomic E-state index is 12.4. The molecule has 1 fully saturated rings. The van der Waals surface area contributed by atoms with E-state index in [0.717, 1.165) is 16.5 Å². The van der Waals surface area contributed by atoms with Crippen LogP contribution in [-0.4, -0.2) is 54.1 Å². The second-order valence-electron chi connectivity index (χ2n) is 7.03. The highest BCUT2D eigenvalue weighted by molar-refractivity contribution is 7.91. The fourth-order valence-electron chi connectivity index (χ4n) is 3.49. The molecule has 1 saturated heterocycles. The largest absolute Gasteiger partial charge is 0.361 e. The number of benzene rings is 1. The molecule has 0 radical (unpaired) electrons.